The molecule has 2 unspecified atom stereocenters. The molecule has 1 aromatic carbocycles. The third kappa shape index (κ3) is 7.70. The van der Waals surface area contributed by atoms with E-state index >= 15 is 0 Å². The topological polar surface area (TPSA) is 127 Å². The number of hydrogen-bond acceptors (Lipinski definition) is 7. The molecule has 1 aliphatic carbocycles. The molecule has 2 fully saturated rings. The summed E-state index contributed by atoms with van der Waals surface area (Å²) in [7, 11) is 5.84. The van der Waals surface area contributed by atoms with Crippen LogP contribution in [0.25, 0.3) is 33.6 Å². The summed E-state index contributed by atoms with van der Waals surface area (Å²) < 4.78 is 9.97. The first kappa shape index (κ1) is 33.2. The summed E-state index contributed by atoms with van der Waals surface area (Å²) in [5.74, 6) is 0.953. The number of likely N-dealkylation sites (tertiary alicyclic amines) is 1. The molecule has 6 rings (SSSR count). The number of carbonyl (C=O) groups excluding carboxylic acids is 3. The van der Waals surface area contributed by atoms with Crippen molar-refractivity contribution in [3.8, 4) is 11.5 Å². The highest BCUT2D eigenvalue weighted by atomic mass is 16.6. The standard InChI is InChI=1S/C36H46N8O4/c1-36(2,3)48-35(47)43-21-26(38-31(45)10-8-16-41(4)5)19-27(22-43)39-34(46)25-13-14-29-28(17-25)40-33(42(29)6)30-18-24-9-7-15-37-32(24)44(30)20-23-11-12-23/h7-10,13-15,17-18,23,26-27H,11-12,16,19-22H2,1-6H3,(H,38,45)(H,39,46)/b10-8+. The maximum atomic E-state index is 13.7. The summed E-state index contributed by atoms with van der Waals surface area (Å²) in [6, 6.07) is 10.9. The highest BCUT2D eigenvalue weighted by Crippen LogP contribution is 2.36. The van der Waals surface area contributed by atoms with Crippen LogP contribution < -0.4 is 10.6 Å². The Balaban J connectivity index is 1.22. The predicted molar refractivity (Wildman–Crippen MR) is 185 cm³/mol. The largest absolute Gasteiger partial charge is 0.444 e. The Morgan fingerprint density at radius 2 is 1.81 bits per heavy atom. The summed E-state index contributed by atoms with van der Waals surface area (Å²) in [5.41, 5.74) is 3.38. The molecule has 48 heavy (non-hydrogen) atoms. The Hall–Kier alpha value is -4.71. The molecule has 1 aliphatic heterocycles. The van der Waals surface area contributed by atoms with Crippen molar-refractivity contribution in [1.29, 1.82) is 0 Å². The summed E-state index contributed by atoms with van der Waals surface area (Å²) in [5, 5.41) is 7.18. The number of hydrogen-bond donors (Lipinski definition) is 2. The van der Waals surface area contributed by atoms with Gasteiger partial charge in [0.25, 0.3) is 5.91 Å². The molecule has 1 saturated carbocycles. The van der Waals surface area contributed by atoms with Crippen LogP contribution in [0.2, 0.25) is 0 Å². The maximum absolute atomic E-state index is 13.7. The predicted octanol–water partition coefficient (Wildman–Crippen LogP) is 4.34. The lowest BCUT2D eigenvalue weighted by Gasteiger charge is -2.38. The number of ether oxygens (including phenoxy) is 1. The van der Waals surface area contributed by atoms with E-state index < -0.39 is 17.7 Å². The molecular formula is C36H46N8O4. The van der Waals surface area contributed by atoms with Crippen molar-refractivity contribution < 1.29 is 19.1 Å². The number of imidazole rings is 1. The molecule has 12 heteroatoms. The van der Waals surface area contributed by atoms with E-state index in [-0.39, 0.29) is 30.9 Å². The highest BCUT2D eigenvalue weighted by molar-refractivity contribution is 5.98. The molecule has 3 aromatic heterocycles. The van der Waals surface area contributed by atoms with Gasteiger partial charge in [0.15, 0.2) is 5.82 Å². The molecule has 0 spiro atoms. The normalized spacial score (nSPS) is 18.6. The molecule has 1 saturated heterocycles. The summed E-state index contributed by atoms with van der Waals surface area (Å²) in [4.78, 5) is 52.6. The van der Waals surface area contributed by atoms with Crippen LogP contribution in [-0.4, -0.2) is 98.2 Å². The Labute approximate surface area is 281 Å². The molecule has 254 valence electrons. The number of fused-ring (bicyclic) bond motifs is 2. The quantitative estimate of drug-likeness (QED) is 0.257. The first-order valence-electron chi connectivity index (χ1n) is 16.7. The lowest BCUT2D eigenvalue weighted by molar-refractivity contribution is -0.117. The number of aromatic nitrogens is 4. The zero-order chi connectivity index (χ0) is 34.2. The van der Waals surface area contributed by atoms with Crippen molar-refractivity contribution in [2.75, 3.05) is 33.7 Å². The maximum Gasteiger partial charge on any atom is 0.410 e. The Bertz CT molecular complexity index is 1860. The fourth-order valence-electron chi connectivity index (χ4n) is 6.26. The number of nitrogens with one attached hydrogen (secondary N) is 2. The van der Waals surface area contributed by atoms with Crippen LogP contribution in [0.5, 0.6) is 0 Å². The van der Waals surface area contributed by atoms with Crippen molar-refractivity contribution in [2.45, 2.75) is 64.3 Å². The fraction of sp³-hybridized carbons (Fsp3) is 0.472. The van der Waals surface area contributed by atoms with Gasteiger partial charge in [-0.2, -0.15) is 0 Å². The van der Waals surface area contributed by atoms with Gasteiger partial charge in [-0.15, -0.1) is 0 Å². The van der Waals surface area contributed by atoms with Crippen molar-refractivity contribution in [3.05, 3.63) is 60.3 Å². The average Bonchev–Trinajstić information content (AvgIpc) is 3.69. The van der Waals surface area contributed by atoms with Crippen LogP contribution in [-0.2, 0) is 23.1 Å². The molecule has 0 bridgehead atoms. The van der Waals surface area contributed by atoms with Crippen LogP contribution in [0.4, 0.5) is 4.79 Å². The van der Waals surface area contributed by atoms with Crippen LogP contribution in [0.15, 0.2) is 54.7 Å². The van der Waals surface area contributed by atoms with Gasteiger partial charge in [-0.25, -0.2) is 14.8 Å². The smallest absolute Gasteiger partial charge is 0.410 e. The second kappa shape index (κ2) is 13.4. The number of benzene rings is 1. The van der Waals surface area contributed by atoms with Gasteiger partial charge in [0, 0.05) is 68.5 Å². The number of pyridine rings is 1. The van der Waals surface area contributed by atoms with E-state index in [2.05, 4.69) is 36.9 Å². The van der Waals surface area contributed by atoms with Gasteiger partial charge in [-0.3, -0.25) is 9.59 Å². The van der Waals surface area contributed by atoms with E-state index in [0.29, 0.717) is 30.0 Å². The van der Waals surface area contributed by atoms with E-state index in [1.807, 2.05) is 71.2 Å². The van der Waals surface area contributed by atoms with E-state index in [1.165, 1.54) is 18.9 Å². The van der Waals surface area contributed by atoms with Crippen molar-refractivity contribution in [2.24, 2.45) is 13.0 Å². The van der Waals surface area contributed by atoms with E-state index in [1.54, 1.807) is 17.0 Å². The summed E-state index contributed by atoms with van der Waals surface area (Å²) >= 11 is 0. The fourth-order valence-corrected chi connectivity index (χ4v) is 6.26. The van der Waals surface area contributed by atoms with Crippen LogP contribution in [0.3, 0.4) is 0 Å². The molecule has 2 atom stereocenters. The molecule has 3 amide bonds. The molecule has 12 nitrogen and oxygen atoms in total. The minimum atomic E-state index is -0.680. The number of likely N-dealkylation sites (N-methyl/N-ethyl adjacent to an activating group) is 1. The van der Waals surface area contributed by atoms with Gasteiger partial charge < -0.3 is 34.3 Å². The van der Waals surface area contributed by atoms with E-state index in [9.17, 15) is 14.4 Å². The molecule has 2 N–H and O–H groups in total. The lowest BCUT2D eigenvalue weighted by atomic mass is 10.00. The second-order valence-electron chi connectivity index (χ2n) is 14.4. The average molecular weight is 655 g/mol. The number of rotatable bonds is 9. The SMILES string of the molecule is CN(C)C/C=C/C(=O)NC1CC(NC(=O)c2ccc3c(c2)nc(-c2cc4cccnc4n2CC2CC2)n3C)CN(C(=O)OC(C)(C)C)C1. The van der Waals surface area contributed by atoms with Gasteiger partial charge in [-0.1, -0.05) is 6.08 Å². The Morgan fingerprint density at radius 3 is 2.52 bits per heavy atom. The number of nitrogens with zero attached hydrogens (tertiary/aromatic N) is 6. The van der Waals surface area contributed by atoms with Gasteiger partial charge in [-0.05, 0) is 96.4 Å². The molecule has 4 heterocycles. The zero-order valence-electron chi connectivity index (χ0n) is 28.7. The van der Waals surface area contributed by atoms with Crippen LogP contribution in [0, 0.1) is 5.92 Å². The minimum absolute atomic E-state index is 0.249. The van der Waals surface area contributed by atoms with Gasteiger partial charge in [0.1, 0.15) is 11.2 Å². The zero-order valence-corrected chi connectivity index (χ0v) is 28.7. The van der Waals surface area contributed by atoms with Crippen LogP contribution in [0.1, 0.15) is 50.4 Å². The number of amides is 3. The summed E-state index contributed by atoms with van der Waals surface area (Å²) in [6.45, 7) is 7.51. The number of piperidine rings is 1. The highest BCUT2D eigenvalue weighted by Gasteiger charge is 2.34. The molecule has 2 aliphatic rings. The Morgan fingerprint density at radius 1 is 1.06 bits per heavy atom. The van der Waals surface area contributed by atoms with Crippen molar-refractivity contribution in [1.82, 2.24) is 39.5 Å². The Kier molecular flexibility index (Phi) is 9.28. The third-order valence-electron chi connectivity index (χ3n) is 8.69. The molecular weight excluding hydrogens is 608 g/mol. The van der Waals surface area contributed by atoms with Crippen molar-refractivity contribution >= 4 is 40.0 Å². The third-order valence-corrected chi connectivity index (χ3v) is 8.69. The minimum Gasteiger partial charge on any atom is -0.444 e. The van der Waals surface area contributed by atoms with Gasteiger partial charge >= 0.3 is 6.09 Å². The summed E-state index contributed by atoms with van der Waals surface area (Å²) in [6.07, 6.45) is 7.54. The number of carbonyl (C=O) groups is 3. The van der Waals surface area contributed by atoms with E-state index in [4.69, 9.17) is 9.72 Å². The monoisotopic (exact) mass is 654 g/mol. The first-order chi connectivity index (χ1) is 22.8. The molecule has 4 aromatic rings. The number of aryl methyl sites for hydroxylation is 1. The second-order valence-corrected chi connectivity index (χ2v) is 14.4. The van der Waals surface area contributed by atoms with Gasteiger partial charge in [0.05, 0.1) is 16.7 Å². The van der Waals surface area contributed by atoms with Crippen molar-refractivity contribution in [3.63, 3.8) is 0 Å². The van der Waals surface area contributed by atoms with Crippen LogP contribution >= 0.6 is 0 Å². The van der Waals surface area contributed by atoms with Gasteiger partial charge in [0.2, 0.25) is 5.91 Å². The molecule has 0 radical (unpaired) electrons. The van der Waals surface area contributed by atoms with E-state index in [0.717, 1.165) is 34.6 Å². The lowest BCUT2D eigenvalue weighted by Crippen LogP contribution is -2.58. The first-order valence-corrected chi connectivity index (χ1v) is 16.7.